The van der Waals surface area contributed by atoms with Gasteiger partial charge in [-0.05, 0) is 39.0 Å². The minimum Gasteiger partial charge on any atom is -0.320 e. The topological polar surface area (TPSA) is 24.1 Å². The van der Waals surface area contributed by atoms with Crippen LogP contribution in [0.3, 0.4) is 0 Å². The van der Waals surface area contributed by atoms with E-state index in [2.05, 4.69) is 10.6 Å². The molecule has 0 amide bonds. The van der Waals surface area contributed by atoms with Gasteiger partial charge in [0.15, 0.2) is 0 Å². The molecule has 0 bridgehead atoms. The van der Waals surface area contributed by atoms with Crippen molar-refractivity contribution in [3.63, 3.8) is 0 Å². The van der Waals surface area contributed by atoms with Crippen LogP contribution in [0.4, 0.5) is 0 Å². The Balaban J connectivity index is 1.86. The van der Waals surface area contributed by atoms with Crippen molar-refractivity contribution in [3.05, 3.63) is 0 Å². The molecule has 0 atom stereocenters. The Morgan fingerprint density at radius 3 is 2.75 bits per heavy atom. The third kappa shape index (κ3) is 1.46. The first kappa shape index (κ1) is 6.05. The third-order valence-electron chi connectivity index (χ3n) is 1.67. The summed E-state index contributed by atoms with van der Waals surface area (Å²) in [5.74, 6) is 0.961. The van der Waals surface area contributed by atoms with Gasteiger partial charge in [0.1, 0.15) is 0 Å². The van der Waals surface area contributed by atoms with Gasteiger partial charge in [-0.1, -0.05) is 0 Å². The summed E-state index contributed by atoms with van der Waals surface area (Å²) >= 11 is 0. The van der Waals surface area contributed by atoms with E-state index in [9.17, 15) is 0 Å². The molecule has 1 rings (SSSR count). The minimum absolute atomic E-state index is 0.961. The lowest BCUT2D eigenvalue weighted by Gasteiger charge is -2.26. The van der Waals surface area contributed by atoms with Crippen molar-refractivity contribution in [1.29, 1.82) is 0 Å². The van der Waals surface area contributed by atoms with Crippen molar-refractivity contribution in [2.75, 3.05) is 26.7 Å². The van der Waals surface area contributed by atoms with Crippen LogP contribution in [0.15, 0.2) is 0 Å². The lowest BCUT2D eigenvalue weighted by atomic mass is 10.00. The largest absolute Gasteiger partial charge is 0.320 e. The summed E-state index contributed by atoms with van der Waals surface area (Å²) in [4.78, 5) is 0. The van der Waals surface area contributed by atoms with Crippen LogP contribution in [0.2, 0.25) is 0 Å². The fourth-order valence-electron chi connectivity index (χ4n) is 0.901. The van der Waals surface area contributed by atoms with Crippen LogP contribution in [-0.4, -0.2) is 26.7 Å². The summed E-state index contributed by atoms with van der Waals surface area (Å²) in [7, 11) is 2.01. The zero-order valence-electron chi connectivity index (χ0n) is 5.41. The number of hydrogen-bond donors (Lipinski definition) is 2. The second-order valence-electron chi connectivity index (χ2n) is 2.42. The van der Waals surface area contributed by atoms with Crippen LogP contribution < -0.4 is 10.6 Å². The monoisotopic (exact) mass is 114 g/mol. The van der Waals surface area contributed by atoms with Crippen LogP contribution in [0, 0.1) is 5.92 Å². The first-order valence-electron chi connectivity index (χ1n) is 3.29. The van der Waals surface area contributed by atoms with Crippen LogP contribution in [0.25, 0.3) is 0 Å². The Labute approximate surface area is 50.7 Å². The first-order chi connectivity index (χ1) is 3.93. The Morgan fingerprint density at radius 1 is 1.62 bits per heavy atom. The predicted molar refractivity (Wildman–Crippen MR) is 34.9 cm³/mol. The van der Waals surface area contributed by atoms with Gasteiger partial charge in [-0.3, -0.25) is 0 Å². The van der Waals surface area contributed by atoms with Gasteiger partial charge in [-0.15, -0.1) is 0 Å². The SMILES string of the molecule is CNCCC1CNC1. The van der Waals surface area contributed by atoms with Gasteiger partial charge in [-0.25, -0.2) is 0 Å². The summed E-state index contributed by atoms with van der Waals surface area (Å²) in [5.41, 5.74) is 0. The predicted octanol–water partition coefficient (Wildman–Crippen LogP) is -0.185. The molecule has 0 aliphatic carbocycles. The molecule has 0 saturated carbocycles. The molecule has 0 radical (unpaired) electrons. The Bertz CT molecular complexity index is 59.5. The molecule has 2 heteroatoms. The van der Waals surface area contributed by atoms with E-state index in [4.69, 9.17) is 0 Å². The molecule has 0 unspecified atom stereocenters. The summed E-state index contributed by atoms with van der Waals surface area (Å²) in [6, 6.07) is 0. The van der Waals surface area contributed by atoms with Gasteiger partial charge in [0, 0.05) is 0 Å². The van der Waals surface area contributed by atoms with Crippen molar-refractivity contribution >= 4 is 0 Å². The van der Waals surface area contributed by atoms with E-state index in [0.29, 0.717) is 0 Å². The smallest absolute Gasteiger partial charge is 0.000778 e. The van der Waals surface area contributed by atoms with Crippen LogP contribution in [0.5, 0.6) is 0 Å². The fraction of sp³-hybridized carbons (Fsp3) is 1.00. The molecule has 0 aromatic rings. The maximum Gasteiger partial charge on any atom is -0.000778 e. The van der Waals surface area contributed by atoms with Gasteiger partial charge < -0.3 is 10.6 Å². The number of rotatable bonds is 3. The van der Waals surface area contributed by atoms with Crippen LogP contribution in [-0.2, 0) is 0 Å². The van der Waals surface area contributed by atoms with Crippen molar-refractivity contribution in [2.24, 2.45) is 5.92 Å². The maximum atomic E-state index is 3.24. The van der Waals surface area contributed by atoms with Crippen LogP contribution in [0.1, 0.15) is 6.42 Å². The van der Waals surface area contributed by atoms with Gasteiger partial charge in [0.25, 0.3) is 0 Å². The molecule has 1 fully saturated rings. The van der Waals surface area contributed by atoms with Crippen molar-refractivity contribution in [3.8, 4) is 0 Å². The fourth-order valence-corrected chi connectivity index (χ4v) is 0.901. The molecule has 2 nitrogen and oxygen atoms in total. The highest BCUT2D eigenvalue weighted by Crippen LogP contribution is 2.05. The third-order valence-corrected chi connectivity index (χ3v) is 1.67. The maximum absolute atomic E-state index is 3.24. The standard InChI is InChI=1S/C6H14N2/c1-7-3-2-6-4-8-5-6/h6-8H,2-5H2,1H3. The second-order valence-corrected chi connectivity index (χ2v) is 2.42. The van der Waals surface area contributed by atoms with E-state index >= 15 is 0 Å². The molecular weight excluding hydrogens is 100 g/mol. The molecule has 1 heterocycles. The number of hydrogen-bond acceptors (Lipinski definition) is 2. The van der Waals surface area contributed by atoms with E-state index in [1.54, 1.807) is 0 Å². The van der Waals surface area contributed by atoms with Gasteiger partial charge in [0.05, 0.1) is 0 Å². The average molecular weight is 114 g/mol. The van der Waals surface area contributed by atoms with Crippen molar-refractivity contribution < 1.29 is 0 Å². The number of nitrogens with one attached hydrogen (secondary N) is 2. The second kappa shape index (κ2) is 3.05. The van der Waals surface area contributed by atoms with Crippen LogP contribution >= 0.6 is 0 Å². The lowest BCUT2D eigenvalue weighted by Crippen LogP contribution is -2.42. The molecule has 1 aliphatic rings. The highest BCUT2D eigenvalue weighted by Gasteiger charge is 2.14. The molecule has 8 heavy (non-hydrogen) atoms. The normalized spacial score (nSPS) is 20.6. The zero-order valence-corrected chi connectivity index (χ0v) is 5.41. The highest BCUT2D eigenvalue weighted by molar-refractivity contribution is 4.74. The summed E-state index contributed by atoms with van der Waals surface area (Å²) < 4.78 is 0. The molecule has 1 aliphatic heterocycles. The van der Waals surface area contributed by atoms with Crippen molar-refractivity contribution in [2.45, 2.75) is 6.42 Å². The molecule has 48 valence electrons. The summed E-state index contributed by atoms with van der Waals surface area (Å²) in [5, 5.41) is 6.38. The molecule has 0 aromatic carbocycles. The van der Waals surface area contributed by atoms with E-state index in [1.165, 1.54) is 26.1 Å². The van der Waals surface area contributed by atoms with E-state index < -0.39 is 0 Å². The Morgan fingerprint density at radius 2 is 2.38 bits per heavy atom. The minimum atomic E-state index is 0.961. The van der Waals surface area contributed by atoms with E-state index in [0.717, 1.165) is 5.92 Å². The molecule has 0 aromatic heterocycles. The molecule has 2 N–H and O–H groups in total. The Kier molecular flexibility index (Phi) is 2.30. The molecule has 0 spiro atoms. The lowest BCUT2D eigenvalue weighted by molar-refractivity contribution is 0.325. The zero-order chi connectivity index (χ0) is 5.82. The van der Waals surface area contributed by atoms with Gasteiger partial charge >= 0.3 is 0 Å². The first-order valence-corrected chi connectivity index (χ1v) is 3.29. The molecular formula is C6H14N2. The van der Waals surface area contributed by atoms with E-state index in [1.807, 2.05) is 7.05 Å². The van der Waals surface area contributed by atoms with Gasteiger partial charge in [0.2, 0.25) is 0 Å². The summed E-state index contributed by atoms with van der Waals surface area (Å²) in [6.45, 7) is 3.65. The highest BCUT2D eigenvalue weighted by atomic mass is 14.9. The quantitative estimate of drug-likeness (QED) is 0.531. The van der Waals surface area contributed by atoms with E-state index in [-0.39, 0.29) is 0 Å². The molecule has 1 saturated heterocycles. The summed E-state index contributed by atoms with van der Waals surface area (Å²) in [6.07, 6.45) is 1.34. The van der Waals surface area contributed by atoms with Crippen molar-refractivity contribution in [1.82, 2.24) is 10.6 Å². The Hall–Kier alpha value is -0.0800. The van der Waals surface area contributed by atoms with Gasteiger partial charge in [-0.2, -0.15) is 0 Å². The average Bonchev–Trinajstić information content (AvgIpc) is 1.63.